The Morgan fingerprint density at radius 2 is 2.12 bits per heavy atom. The molecule has 4 rings (SSSR count). The van der Waals surface area contributed by atoms with E-state index < -0.39 is 12.1 Å². The van der Waals surface area contributed by atoms with Crippen LogP contribution in [-0.4, -0.2) is 56.6 Å². The van der Waals surface area contributed by atoms with E-state index in [1.54, 1.807) is 24.4 Å². The second-order valence-corrected chi connectivity index (χ2v) is 7.26. The van der Waals surface area contributed by atoms with E-state index >= 15 is 0 Å². The van der Waals surface area contributed by atoms with Crippen LogP contribution < -0.4 is 10.6 Å². The molecular weight excluding hydrogens is 457 g/mol. The summed E-state index contributed by atoms with van der Waals surface area (Å²) in [4.78, 5) is 25.4. The number of aromatic nitrogens is 3. The van der Waals surface area contributed by atoms with Crippen LogP contribution >= 0.6 is 0 Å². The minimum Gasteiger partial charge on any atom is -0.475 e. The van der Waals surface area contributed by atoms with Gasteiger partial charge in [-0.3, -0.25) is 9.48 Å². The van der Waals surface area contributed by atoms with Gasteiger partial charge in [0.15, 0.2) is 5.76 Å². The van der Waals surface area contributed by atoms with Crippen LogP contribution in [0.2, 0.25) is 0 Å². The molecule has 178 valence electrons. The Morgan fingerprint density at radius 1 is 1.35 bits per heavy atom. The highest BCUT2D eigenvalue weighted by Gasteiger charge is 2.38. The molecule has 1 aliphatic heterocycles. The highest BCUT2D eigenvalue weighted by Crippen LogP contribution is 2.21. The Labute approximate surface area is 191 Å². The molecule has 2 atom stereocenters. The van der Waals surface area contributed by atoms with E-state index in [1.165, 1.54) is 6.20 Å². The lowest BCUT2D eigenvalue weighted by Crippen LogP contribution is -2.36. The number of benzene rings is 1. The molecule has 1 amide bonds. The van der Waals surface area contributed by atoms with Crippen molar-refractivity contribution in [3.8, 4) is 17.4 Å². The summed E-state index contributed by atoms with van der Waals surface area (Å²) >= 11 is 0. The lowest BCUT2D eigenvalue weighted by Gasteiger charge is -2.11. The molecule has 0 spiro atoms. The molecule has 2 aromatic heterocycles. The smallest absolute Gasteiger partial charge is 0.475 e. The molecule has 34 heavy (non-hydrogen) atoms. The summed E-state index contributed by atoms with van der Waals surface area (Å²) in [6.45, 7) is 1.45. The summed E-state index contributed by atoms with van der Waals surface area (Å²) in [5, 5.41) is 26.7. The van der Waals surface area contributed by atoms with Gasteiger partial charge in [0.05, 0.1) is 24.4 Å². The van der Waals surface area contributed by atoms with Gasteiger partial charge >= 0.3 is 18.1 Å². The van der Waals surface area contributed by atoms with Crippen molar-refractivity contribution in [2.75, 3.05) is 6.54 Å². The van der Waals surface area contributed by atoms with Crippen LogP contribution in [0, 0.1) is 11.3 Å². The SMILES string of the molecule is N#Cc1cccc(-c2cnc(C(=O)N[C@H]3CN[C@H](Cn4cccn4)C3)o2)c1.O=C(O)C(F)(F)F. The molecule has 3 heterocycles. The molecule has 0 unspecified atom stereocenters. The molecule has 0 radical (unpaired) electrons. The minimum absolute atomic E-state index is 0.00956. The highest BCUT2D eigenvalue weighted by atomic mass is 19.4. The Kier molecular flexibility index (Phi) is 7.64. The molecule has 10 nitrogen and oxygen atoms in total. The fourth-order valence-corrected chi connectivity index (χ4v) is 3.20. The average molecular weight is 476 g/mol. The van der Waals surface area contributed by atoms with Crippen LogP contribution in [-0.2, 0) is 11.3 Å². The van der Waals surface area contributed by atoms with Crippen molar-refractivity contribution in [2.45, 2.75) is 31.2 Å². The normalized spacial score (nSPS) is 17.4. The molecule has 3 N–H and O–H groups in total. The van der Waals surface area contributed by atoms with Crippen molar-refractivity contribution in [3.63, 3.8) is 0 Å². The van der Waals surface area contributed by atoms with Gasteiger partial charge in [0.1, 0.15) is 0 Å². The van der Waals surface area contributed by atoms with Crippen LogP contribution in [0.1, 0.15) is 22.7 Å². The van der Waals surface area contributed by atoms with Crippen LogP contribution in [0.25, 0.3) is 11.3 Å². The molecule has 1 aliphatic rings. The zero-order chi connectivity index (χ0) is 24.7. The summed E-state index contributed by atoms with van der Waals surface area (Å²) in [5.74, 6) is -2.63. The number of amides is 1. The fourth-order valence-electron chi connectivity index (χ4n) is 3.20. The largest absolute Gasteiger partial charge is 0.490 e. The number of oxazole rings is 1. The predicted molar refractivity (Wildman–Crippen MR) is 110 cm³/mol. The predicted octanol–water partition coefficient (Wildman–Crippen LogP) is 2.20. The number of hydrogen-bond acceptors (Lipinski definition) is 7. The molecular formula is C21H19F3N6O4. The number of aliphatic carboxylic acids is 1. The van der Waals surface area contributed by atoms with E-state index in [4.69, 9.17) is 19.6 Å². The van der Waals surface area contributed by atoms with Gasteiger partial charge in [-0.25, -0.2) is 9.78 Å². The van der Waals surface area contributed by atoms with E-state index in [-0.39, 0.29) is 23.9 Å². The summed E-state index contributed by atoms with van der Waals surface area (Å²) in [5.41, 5.74) is 1.23. The van der Waals surface area contributed by atoms with Crippen molar-refractivity contribution in [2.24, 2.45) is 0 Å². The zero-order valence-corrected chi connectivity index (χ0v) is 17.5. The minimum atomic E-state index is -5.08. The van der Waals surface area contributed by atoms with Gasteiger partial charge in [0, 0.05) is 36.6 Å². The van der Waals surface area contributed by atoms with E-state index in [0.29, 0.717) is 23.4 Å². The van der Waals surface area contributed by atoms with Gasteiger partial charge in [-0.05, 0) is 24.6 Å². The second-order valence-electron chi connectivity index (χ2n) is 7.26. The number of carbonyl (C=O) groups is 2. The first-order valence-electron chi connectivity index (χ1n) is 9.94. The number of hydrogen-bond donors (Lipinski definition) is 3. The lowest BCUT2D eigenvalue weighted by atomic mass is 10.1. The number of carboxylic acids is 1. The van der Waals surface area contributed by atoms with Gasteiger partial charge in [0.2, 0.25) is 0 Å². The first-order valence-corrected chi connectivity index (χ1v) is 9.94. The highest BCUT2D eigenvalue weighted by molar-refractivity contribution is 5.90. The first-order chi connectivity index (χ1) is 16.2. The maximum Gasteiger partial charge on any atom is 0.490 e. The van der Waals surface area contributed by atoms with Crippen molar-refractivity contribution >= 4 is 11.9 Å². The summed E-state index contributed by atoms with van der Waals surface area (Å²) in [6, 6.07) is 11.2. The van der Waals surface area contributed by atoms with Gasteiger partial charge < -0.3 is 20.2 Å². The number of carboxylic acid groups (broad SMARTS) is 1. The molecule has 3 aromatic rings. The van der Waals surface area contributed by atoms with E-state index in [2.05, 4.69) is 26.8 Å². The molecule has 0 saturated carbocycles. The van der Waals surface area contributed by atoms with E-state index in [9.17, 15) is 18.0 Å². The maximum atomic E-state index is 12.4. The maximum absolute atomic E-state index is 12.4. The number of nitrogens with one attached hydrogen (secondary N) is 2. The second kappa shape index (κ2) is 10.6. The summed E-state index contributed by atoms with van der Waals surface area (Å²) < 4.78 is 39.2. The van der Waals surface area contributed by atoms with Crippen molar-refractivity contribution in [1.82, 2.24) is 25.4 Å². The standard InChI is InChI=1S/C19H18N6O2.C2HF3O2/c20-9-13-3-1-4-14(7-13)17-11-22-19(27-17)18(26)24-15-8-16(21-10-15)12-25-6-2-5-23-25;3-2(4,5)1(6)7/h1-7,11,15-16,21H,8,10,12H2,(H,24,26);(H,6,7)/t15-,16+;/m1./s1. The Bertz CT molecular complexity index is 1170. The van der Waals surface area contributed by atoms with Crippen molar-refractivity contribution in [3.05, 3.63) is 60.4 Å². The van der Waals surface area contributed by atoms with Crippen LogP contribution in [0.15, 0.2) is 53.3 Å². The molecule has 0 bridgehead atoms. The molecule has 13 heteroatoms. The molecule has 1 saturated heterocycles. The van der Waals surface area contributed by atoms with E-state index in [1.807, 2.05) is 23.0 Å². The third kappa shape index (κ3) is 6.66. The van der Waals surface area contributed by atoms with Crippen LogP contribution in [0.4, 0.5) is 13.2 Å². The Hall–Kier alpha value is -4.18. The summed E-state index contributed by atoms with van der Waals surface area (Å²) in [7, 11) is 0. The Morgan fingerprint density at radius 3 is 2.76 bits per heavy atom. The fraction of sp³-hybridized carbons (Fsp3) is 0.286. The summed E-state index contributed by atoms with van der Waals surface area (Å²) in [6.07, 6.45) is 0.895. The molecule has 1 fully saturated rings. The van der Waals surface area contributed by atoms with Gasteiger partial charge in [-0.1, -0.05) is 12.1 Å². The molecule has 0 aliphatic carbocycles. The van der Waals surface area contributed by atoms with Gasteiger partial charge in [0.25, 0.3) is 5.89 Å². The Balaban J connectivity index is 0.000000406. The van der Waals surface area contributed by atoms with E-state index in [0.717, 1.165) is 13.0 Å². The third-order valence-electron chi connectivity index (χ3n) is 4.74. The number of halogens is 3. The first kappa shape index (κ1) is 24.5. The number of carbonyl (C=O) groups excluding carboxylic acids is 1. The van der Waals surface area contributed by atoms with Crippen molar-refractivity contribution < 1.29 is 32.3 Å². The quantitative estimate of drug-likeness (QED) is 0.508. The van der Waals surface area contributed by atoms with Crippen LogP contribution in [0.3, 0.4) is 0 Å². The number of nitriles is 1. The van der Waals surface area contributed by atoms with Gasteiger partial charge in [-0.2, -0.15) is 23.5 Å². The number of nitrogens with zero attached hydrogens (tertiary/aromatic N) is 4. The van der Waals surface area contributed by atoms with Crippen LogP contribution in [0.5, 0.6) is 0 Å². The lowest BCUT2D eigenvalue weighted by molar-refractivity contribution is -0.192. The van der Waals surface area contributed by atoms with Gasteiger partial charge in [-0.15, -0.1) is 0 Å². The monoisotopic (exact) mass is 476 g/mol. The topological polar surface area (TPSA) is 146 Å². The molecule has 1 aromatic carbocycles. The third-order valence-corrected chi connectivity index (χ3v) is 4.74. The number of alkyl halides is 3. The number of rotatable bonds is 5. The average Bonchev–Trinajstić information content (AvgIpc) is 3.56. The van der Waals surface area contributed by atoms with Crippen molar-refractivity contribution in [1.29, 1.82) is 5.26 Å². The zero-order valence-electron chi connectivity index (χ0n) is 17.5.